The summed E-state index contributed by atoms with van der Waals surface area (Å²) in [5.74, 6) is 2.07. The van der Waals surface area contributed by atoms with Gasteiger partial charge in [-0.15, -0.1) is 0 Å². The first-order chi connectivity index (χ1) is 6.96. The van der Waals surface area contributed by atoms with Gasteiger partial charge in [-0.25, -0.2) is 4.79 Å². The highest BCUT2D eigenvalue weighted by atomic mass is 28.3. The van der Waals surface area contributed by atoms with Crippen LogP contribution in [-0.2, 0) is 4.79 Å². The van der Waals surface area contributed by atoms with Gasteiger partial charge in [0.15, 0.2) is 0 Å². The first-order valence-electron chi connectivity index (χ1n) is 4.97. The van der Waals surface area contributed by atoms with Crippen molar-refractivity contribution in [3.05, 3.63) is 47.7 Å². The van der Waals surface area contributed by atoms with E-state index in [1.54, 1.807) is 0 Å². The number of benzene rings is 1. The van der Waals surface area contributed by atoms with Crippen LogP contribution < -0.4 is 0 Å². The Morgan fingerprint density at radius 2 is 1.73 bits per heavy atom. The fraction of sp³-hybridized carbons (Fsp3) is 0.231. The van der Waals surface area contributed by atoms with Gasteiger partial charge in [-0.05, 0) is 11.1 Å². The van der Waals surface area contributed by atoms with Crippen molar-refractivity contribution >= 4 is 19.6 Å². The van der Waals surface area contributed by atoms with Crippen molar-refractivity contribution in [1.29, 1.82) is 0 Å². The average molecular weight is 216 g/mol. The molecule has 0 aliphatic carbocycles. The maximum atomic E-state index is 11.0. The molecule has 1 rings (SSSR count). The quantitative estimate of drug-likeness (QED) is 0.430. The van der Waals surface area contributed by atoms with E-state index in [1.165, 1.54) is 0 Å². The third-order valence-electron chi connectivity index (χ3n) is 2.28. The molecule has 0 atom stereocenters. The minimum absolute atomic E-state index is 0.772. The van der Waals surface area contributed by atoms with Crippen LogP contribution in [0.1, 0.15) is 5.56 Å². The zero-order valence-electron chi connectivity index (χ0n) is 9.50. The lowest BCUT2D eigenvalue weighted by Crippen LogP contribution is -2.25. The van der Waals surface area contributed by atoms with Crippen LogP contribution in [0.3, 0.4) is 0 Å². The molecule has 78 valence electrons. The van der Waals surface area contributed by atoms with Gasteiger partial charge in [0.2, 0.25) is 0 Å². The normalized spacial score (nSPS) is 10.6. The third kappa shape index (κ3) is 2.79. The topological polar surface area (TPSA) is 17.1 Å². The van der Waals surface area contributed by atoms with Crippen LogP contribution in [0, 0.1) is 0 Å². The highest BCUT2D eigenvalue weighted by Gasteiger charge is 2.23. The summed E-state index contributed by atoms with van der Waals surface area (Å²) >= 11 is 0. The lowest BCUT2D eigenvalue weighted by Gasteiger charge is -2.19. The van der Waals surface area contributed by atoms with Crippen LogP contribution in [0.25, 0.3) is 5.57 Å². The van der Waals surface area contributed by atoms with Crippen LogP contribution in [0.4, 0.5) is 0 Å². The standard InChI is InChI=1S/C13H16OSi/c1-11(12-8-6-5-7-9-12)13(10-14)15(2,3)4/h5-9H,1H2,2-4H3. The van der Waals surface area contributed by atoms with Gasteiger partial charge in [0.25, 0.3) is 0 Å². The van der Waals surface area contributed by atoms with Gasteiger partial charge in [-0.1, -0.05) is 56.6 Å². The Balaban J connectivity index is 3.11. The van der Waals surface area contributed by atoms with Crippen molar-refractivity contribution in [2.45, 2.75) is 19.6 Å². The molecule has 0 fully saturated rings. The molecule has 0 heterocycles. The van der Waals surface area contributed by atoms with Gasteiger partial charge < -0.3 is 0 Å². The minimum atomic E-state index is -1.64. The van der Waals surface area contributed by atoms with Gasteiger partial charge >= 0.3 is 0 Å². The molecule has 0 saturated carbocycles. The summed E-state index contributed by atoms with van der Waals surface area (Å²) < 4.78 is 0. The molecule has 2 heteroatoms. The van der Waals surface area contributed by atoms with Crippen molar-refractivity contribution in [3.8, 4) is 0 Å². The van der Waals surface area contributed by atoms with E-state index in [9.17, 15) is 4.79 Å². The Morgan fingerprint density at radius 1 is 1.20 bits per heavy atom. The summed E-state index contributed by atoms with van der Waals surface area (Å²) in [4.78, 5) is 11.0. The second-order valence-electron chi connectivity index (χ2n) is 4.57. The Hall–Kier alpha value is -1.37. The van der Waals surface area contributed by atoms with E-state index >= 15 is 0 Å². The van der Waals surface area contributed by atoms with E-state index < -0.39 is 8.07 Å². The van der Waals surface area contributed by atoms with Crippen molar-refractivity contribution in [2.24, 2.45) is 0 Å². The number of rotatable bonds is 3. The molecule has 0 saturated heterocycles. The summed E-state index contributed by atoms with van der Waals surface area (Å²) in [7, 11) is -1.64. The van der Waals surface area contributed by atoms with Crippen LogP contribution in [0.2, 0.25) is 19.6 Å². The Bertz CT molecular complexity index is 406. The van der Waals surface area contributed by atoms with E-state index in [-0.39, 0.29) is 0 Å². The van der Waals surface area contributed by atoms with Crippen molar-refractivity contribution in [2.75, 3.05) is 0 Å². The molecule has 0 N–H and O–H groups in total. The number of hydrogen-bond acceptors (Lipinski definition) is 1. The summed E-state index contributed by atoms with van der Waals surface area (Å²) in [6.07, 6.45) is 0. The van der Waals surface area contributed by atoms with Gasteiger partial charge in [0.05, 0.1) is 8.07 Å². The number of carbonyl (C=O) groups excluding carboxylic acids is 1. The zero-order valence-corrected chi connectivity index (χ0v) is 10.5. The molecular weight excluding hydrogens is 200 g/mol. The molecule has 1 nitrogen and oxygen atoms in total. The lowest BCUT2D eigenvalue weighted by atomic mass is 10.1. The summed E-state index contributed by atoms with van der Waals surface area (Å²) in [6, 6.07) is 9.80. The molecule has 1 aromatic rings. The molecule has 1 aromatic carbocycles. The van der Waals surface area contributed by atoms with Gasteiger partial charge in [-0.3, -0.25) is 0 Å². The molecule has 0 amide bonds. The van der Waals surface area contributed by atoms with Gasteiger partial charge in [-0.2, -0.15) is 0 Å². The molecule has 0 spiro atoms. The van der Waals surface area contributed by atoms with Crippen molar-refractivity contribution in [1.82, 2.24) is 0 Å². The maximum Gasteiger partial charge on any atom is 0.123 e. The van der Waals surface area contributed by atoms with E-state index in [0.29, 0.717) is 0 Å². The van der Waals surface area contributed by atoms with Crippen LogP contribution >= 0.6 is 0 Å². The Labute approximate surface area is 92.1 Å². The minimum Gasteiger partial charge on any atom is -0.234 e. The molecule has 0 bridgehead atoms. The first kappa shape index (κ1) is 11.7. The number of allylic oxidation sites excluding steroid dienone is 2. The smallest absolute Gasteiger partial charge is 0.123 e. The molecular formula is C13H16OSi. The molecule has 0 unspecified atom stereocenters. The summed E-state index contributed by atoms with van der Waals surface area (Å²) in [5, 5.41) is 0.772. The Morgan fingerprint density at radius 3 is 2.13 bits per heavy atom. The average Bonchev–Trinajstić information content (AvgIpc) is 2.18. The second-order valence-corrected chi connectivity index (χ2v) is 9.57. The van der Waals surface area contributed by atoms with E-state index in [0.717, 1.165) is 16.3 Å². The zero-order chi connectivity index (χ0) is 11.5. The fourth-order valence-corrected chi connectivity index (χ4v) is 2.81. The molecule has 0 aliphatic rings. The van der Waals surface area contributed by atoms with Crippen molar-refractivity contribution < 1.29 is 4.79 Å². The first-order valence-corrected chi connectivity index (χ1v) is 8.47. The predicted octanol–water partition coefficient (Wildman–Crippen LogP) is 3.34. The highest BCUT2D eigenvalue weighted by Crippen LogP contribution is 2.26. The van der Waals surface area contributed by atoms with Gasteiger partial charge in [0, 0.05) is 5.20 Å². The molecule has 15 heavy (non-hydrogen) atoms. The molecule has 0 radical (unpaired) electrons. The SMILES string of the molecule is C=C(C(=C=O)[Si](C)(C)C)c1ccccc1. The second kappa shape index (κ2) is 4.43. The molecule has 0 aliphatic heterocycles. The highest BCUT2D eigenvalue weighted by molar-refractivity contribution is 6.86. The monoisotopic (exact) mass is 216 g/mol. The molecule has 0 aromatic heterocycles. The fourth-order valence-electron chi connectivity index (χ4n) is 1.45. The van der Waals surface area contributed by atoms with Crippen molar-refractivity contribution in [3.63, 3.8) is 0 Å². The van der Waals surface area contributed by atoms with E-state index in [1.807, 2.05) is 30.3 Å². The lowest BCUT2D eigenvalue weighted by molar-refractivity contribution is 0.568. The van der Waals surface area contributed by atoms with E-state index in [4.69, 9.17) is 0 Å². The predicted molar refractivity (Wildman–Crippen MR) is 68.0 cm³/mol. The van der Waals surface area contributed by atoms with Crippen LogP contribution in [0.5, 0.6) is 0 Å². The summed E-state index contributed by atoms with van der Waals surface area (Å²) in [6.45, 7) is 10.4. The number of hydrogen-bond donors (Lipinski definition) is 0. The Kier molecular flexibility index (Phi) is 3.46. The van der Waals surface area contributed by atoms with Crippen LogP contribution in [-0.4, -0.2) is 14.0 Å². The largest absolute Gasteiger partial charge is 0.234 e. The van der Waals surface area contributed by atoms with Gasteiger partial charge in [0.1, 0.15) is 5.94 Å². The van der Waals surface area contributed by atoms with Crippen LogP contribution in [0.15, 0.2) is 42.1 Å². The summed E-state index contributed by atoms with van der Waals surface area (Å²) in [5.41, 5.74) is 1.84. The maximum absolute atomic E-state index is 11.0. The third-order valence-corrected chi connectivity index (χ3v) is 4.18. The van der Waals surface area contributed by atoms with E-state index in [2.05, 4.69) is 32.2 Å².